The van der Waals surface area contributed by atoms with Gasteiger partial charge in [-0.05, 0) is 31.1 Å². The average Bonchev–Trinajstić information content (AvgIpc) is 3.27. The van der Waals surface area contributed by atoms with Crippen molar-refractivity contribution in [3.63, 3.8) is 0 Å². The second-order valence-electron chi connectivity index (χ2n) is 20.3. The highest BCUT2D eigenvalue weighted by molar-refractivity contribution is 5.71. The fraction of sp³-hybridized carbons (Fsp3) is 0.947. The van der Waals surface area contributed by atoms with Crippen LogP contribution in [0.1, 0.15) is 317 Å². The molecule has 0 aliphatic rings. The lowest BCUT2D eigenvalue weighted by atomic mass is 10.00. The van der Waals surface area contributed by atoms with Crippen LogP contribution in [0.25, 0.3) is 0 Å². The molecule has 0 N–H and O–H groups in total. The van der Waals surface area contributed by atoms with Gasteiger partial charge in [-0.25, -0.2) is 0 Å². The fourth-order valence-corrected chi connectivity index (χ4v) is 8.66. The molecule has 0 rings (SSSR count). The van der Waals surface area contributed by atoms with Gasteiger partial charge in [0.15, 0.2) is 6.10 Å². The van der Waals surface area contributed by atoms with Crippen molar-refractivity contribution < 1.29 is 28.6 Å². The minimum atomic E-state index is -0.763. The lowest BCUT2D eigenvalue weighted by Crippen LogP contribution is -2.30. The van der Waals surface area contributed by atoms with Gasteiger partial charge in [-0.2, -0.15) is 0 Å². The molecule has 0 heterocycles. The first-order valence-corrected chi connectivity index (χ1v) is 28.3. The molecule has 0 aliphatic heterocycles. The molecule has 2 atom stereocenters. The Labute approximate surface area is 393 Å². The molecule has 0 fully saturated rings. The molecule has 0 saturated carbocycles. The third kappa shape index (κ3) is 49.7. The van der Waals surface area contributed by atoms with E-state index >= 15 is 0 Å². The van der Waals surface area contributed by atoms with Gasteiger partial charge in [-0.15, -0.1) is 0 Å². The van der Waals surface area contributed by atoms with Gasteiger partial charge in [0.25, 0.3) is 0 Å². The largest absolute Gasteiger partial charge is 0.462 e. The number of esters is 3. The van der Waals surface area contributed by atoms with Crippen molar-refractivity contribution in [2.75, 3.05) is 13.2 Å². The highest BCUT2D eigenvalue weighted by atomic mass is 16.6. The van der Waals surface area contributed by atoms with Gasteiger partial charge in [0.05, 0.1) is 0 Å². The van der Waals surface area contributed by atoms with Gasteiger partial charge in [0.2, 0.25) is 0 Å². The first-order valence-electron chi connectivity index (χ1n) is 28.3. The summed E-state index contributed by atoms with van der Waals surface area (Å²) in [5.74, 6) is 0.803. The molecular weight excluding hydrogens is 781 g/mol. The zero-order valence-corrected chi connectivity index (χ0v) is 43.2. The zero-order chi connectivity index (χ0) is 46.1. The zero-order valence-electron chi connectivity index (χ0n) is 43.2. The Morgan fingerprint density at radius 3 is 0.905 bits per heavy atom. The van der Waals surface area contributed by atoms with Crippen molar-refractivity contribution in [3.05, 3.63) is 0 Å². The van der Waals surface area contributed by atoms with E-state index in [-0.39, 0.29) is 31.1 Å². The molecule has 6 heteroatoms. The second kappa shape index (κ2) is 49.8. The number of unbranched alkanes of at least 4 members (excludes halogenated alkanes) is 35. The highest BCUT2D eigenvalue weighted by Crippen LogP contribution is 2.18. The number of carbonyl (C=O) groups is 3. The van der Waals surface area contributed by atoms with Crippen molar-refractivity contribution in [2.45, 2.75) is 323 Å². The van der Waals surface area contributed by atoms with Crippen LogP contribution in [0, 0.1) is 11.8 Å². The molecule has 0 aliphatic carbocycles. The highest BCUT2D eigenvalue weighted by Gasteiger charge is 2.19. The van der Waals surface area contributed by atoms with Crippen LogP contribution in [0.4, 0.5) is 0 Å². The molecule has 1 unspecified atom stereocenters. The normalized spacial score (nSPS) is 12.5. The second-order valence-corrected chi connectivity index (χ2v) is 20.3. The van der Waals surface area contributed by atoms with Crippen LogP contribution in [0.3, 0.4) is 0 Å². The van der Waals surface area contributed by atoms with Gasteiger partial charge >= 0.3 is 17.9 Å². The summed E-state index contributed by atoms with van der Waals surface area (Å²) in [6.45, 7) is 11.4. The average molecular weight is 892 g/mol. The van der Waals surface area contributed by atoms with Crippen molar-refractivity contribution in [2.24, 2.45) is 11.8 Å². The molecule has 0 aromatic rings. The Morgan fingerprint density at radius 2 is 0.603 bits per heavy atom. The molecule has 0 aromatic carbocycles. The van der Waals surface area contributed by atoms with Gasteiger partial charge in [0.1, 0.15) is 13.2 Å². The summed E-state index contributed by atoms with van der Waals surface area (Å²) in [7, 11) is 0. The van der Waals surface area contributed by atoms with E-state index < -0.39 is 6.10 Å². The Hall–Kier alpha value is -1.59. The number of ether oxygens (including phenoxy) is 3. The topological polar surface area (TPSA) is 78.9 Å². The summed E-state index contributed by atoms with van der Waals surface area (Å²) in [5, 5.41) is 0. The molecule has 374 valence electrons. The third-order valence-corrected chi connectivity index (χ3v) is 13.3. The predicted octanol–water partition coefficient (Wildman–Crippen LogP) is 18.5. The van der Waals surface area contributed by atoms with E-state index in [1.807, 2.05) is 0 Å². The van der Waals surface area contributed by atoms with Crippen molar-refractivity contribution in [3.8, 4) is 0 Å². The number of hydrogen-bond donors (Lipinski definition) is 0. The van der Waals surface area contributed by atoms with E-state index in [4.69, 9.17) is 14.2 Å². The summed E-state index contributed by atoms with van der Waals surface area (Å²) < 4.78 is 16.8. The number of hydrogen-bond acceptors (Lipinski definition) is 6. The molecule has 0 amide bonds. The van der Waals surface area contributed by atoms with Crippen molar-refractivity contribution in [1.82, 2.24) is 0 Å². The minimum Gasteiger partial charge on any atom is -0.462 e. The van der Waals surface area contributed by atoms with Crippen LogP contribution in [0.15, 0.2) is 0 Å². The Kier molecular flexibility index (Phi) is 48.6. The summed E-state index contributed by atoms with van der Waals surface area (Å²) in [5.41, 5.74) is 0. The van der Waals surface area contributed by atoms with Crippen LogP contribution in [-0.2, 0) is 28.6 Å². The minimum absolute atomic E-state index is 0.0640. The lowest BCUT2D eigenvalue weighted by Gasteiger charge is -2.18. The summed E-state index contributed by atoms with van der Waals surface area (Å²) in [6, 6.07) is 0. The molecule has 0 radical (unpaired) electrons. The van der Waals surface area contributed by atoms with Crippen molar-refractivity contribution >= 4 is 17.9 Å². The summed E-state index contributed by atoms with van der Waals surface area (Å²) in [4.78, 5) is 38.0. The van der Waals surface area contributed by atoms with E-state index in [9.17, 15) is 14.4 Å². The van der Waals surface area contributed by atoms with Crippen LogP contribution < -0.4 is 0 Å². The van der Waals surface area contributed by atoms with E-state index in [2.05, 4.69) is 34.6 Å². The van der Waals surface area contributed by atoms with Gasteiger partial charge in [0, 0.05) is 19.3 Å². The quantitative estimate of drug-likeness (QED) is 0.0344. The molecule has 63 heavy (non-hydrogen) atoms. The first kappa shape index (κ1) is 61.4. The van der Waals surface area contributed by atoms with E-state index in [1.54, 1.807) is 0 Å². The number of rotatable bonds is 51. The lowest BCUT2D eigenvalue weighted by molar-refractivity contribution is -0.167. The third-order valence-electron chi connectivity index (χ3n) is 13.3. The van der Waals surface area contributed by atoms with Gasteiger partial charge in [-0.1, -0.05) is 279 Å². The van der Waals surface area contributed by atoms with Gasteiger partial charge < -0.3 is 14.2 Å². The molecule has 0 saturated heterocycles. The summed E-state index contributed by atoms with van der Waals surface area (Å²) in [6.07, 6.45) is 52.4. The van der Waals surface area contributed by atoms with E-state index in [0.717, 1.165) is 69.6 Å². The monoisotopic (exact) mass is 891 g/mol. The first-order chi connectivity index (χ1) is 30.8. The Balaban J connectivity index is 4.22. The maximum atomic E-state index is 12.8. The number of carbonyl (C=O) groups excluding carboxylic acids is 3. The van der Waals surface area contributed by atoms with Crippen LogP contribution in [0.2, 0.25) is 0 Å². The summed E-state index contributed by atoms with van der Waals surface area (Å²) >= 11 is 0. The Bertz CT molecular complexity index is 964. The standard InChI is InChI=1S/C57H110O6/c1-6-8-9-10-11-12-13-14-15-16-17-18-19-22-25-28-31-37-42-47-55(58)61-50-54(63-57(60)49-44-39-34-33-36-41-46-53(5)7-2)51-62-56(59)48-43-38-32-29-26-23-20-21-24-27-30-35-40-45-52(3)4/h52-54H,6-51H2,1-5H3/t53?,54-/m1/s1. The SMILES string of the molecule is CCCCCCCCCCCCCCCCCCCCCC(=O)OC[C@H](COC(=O)CCCCCCCCCCCCCCCC(C)C)OC(=O)CCCCCCCCC(C)CC. The van der Waals surface area contributed by atoms with Crippen molar-refractivity contribution in [1.29, 1.82) is 0 Å². The molecule has 0 bridgehead atoms. The molecular formula is C57H110O6. The molecule has 0 spiro atoms. The van der Waals surface area contributed by atoms with E-state index in [0.29, 0.717) is 19.3 Å². The maximum Gasteiger partial charge on any atom is 0.306 e. The smallest absolute Gasteiger partial charge is 0.306 e. The molecule has 6 nitrogen and oxygen atoms in total. The maximum absolute atomic E-state index is 12.8. The molecule has 0 aromatic heterocycles. The van der Waals surface area contributed by atoms with E-state index in [1.165, 1.54) is 205 Å². The van der Waals surface area contributed by atoms with Crippen LogP contribution >= 0.6 is 0 Å². The van der Waals surface area contributed by atoms with Crippen LogP contribution in [-0.4, -0.2) is 37.2 Å². The Morgan fingerprint density at radius 1 is 0.333 bits per heavy atom. The van der Waals surface area contributed by atoms with Crippen LogP contribution in [0.5, 0.6) is 0 Å². The predicted molar refractivity (Wildman–Crippen MR) is 270 cm³/mol. The fourth-order valence-electron chi connectivity index (χ4n) is 8.66. The van der Waals surface area contributed by atoms with Gasteiger partial charge in [-0.3, -0.25) is 14.4 Å².